The quantitative estimate of drug-likeness (QED) is 0.582. The largest absolute Gasteiger partial charge is 0.481 e. The van der Waals surface area contributed by atoms with Crippen LogP contribution in [0.1, 0.15) is 32.3 Å². The Morgan fingerprint density at radius 2 is 1.74 bits per heavy atom. The zero-order valence-electron chi connectivity index (χ0n) is 15.4. The minimum atomic E-state index is -4.40. The van der Waals surface area contributed by atoms with Crippen molar-refractivity contribution in [3.05, 3.63) is 29.8 Å². The minimum Gasteiger partial charge on any atom is -0.481 e. The van der Waals surface area contributed by atoms with E-state index < -0.39 is 23.8 Å². The molecule has 0 aliphatic rings. The number of rotatable bonds is 8. The van der Waals surface area contributed by atoms with Crippen molar-refractivity contribution >= 4 is 17.7 Å². The van der Waals surface area contributed by atoms with Crippen LogP contribution in [-0.2, 0) is 15.7 Å². The maximum Gasteiger partial charge on any atom is 0.416 e. The SMILES string of the molecule is CCN(C(=O)O)c1ccc(C(F)(F)F)cc1.CCOC(CCC(=O)O)NC. The highest BCUT2D eigenvalue weighted by Crippen LogP contribution is 2.30. The lowest BCUT2D eigenvalue weighted by Crippen LogP contribution is -2.28. The van der Waals surface area contributed by atoms with E-state index in [0.29, 0.717) is 13.0 Å². The highest BCUT2D eigenvalue weighted by Gasteiger charge is 2.30. The summed E-state index contributed by atoms with van der Waals surface area (Å²) in [6.45, 7) is 4.27. The molecule has 27 heavy (non-hydrogen) atoms. The van der Waals surface area contributed by atoms with Gasteiger partial charge in [0.2, 0.25) is 0 Å². The number of carboxylic acids is 1. The fraction of sp³-hybridized carbons (Fsp3) is 0.529. The molecule has 1 rings (SSSR count). The lowest BCUT2D eigenvalue weighted by Gasteiger charge is -2.17. The lowest BCUT2D eigenvalue weighted by atomic mass is 10.2. The molecular formula is C17H25F3N2O5. The van der Waals surface area contributed by atoms with Gasteiger partial charge >= 0.3 is 18.2 Å². The van der Waals surface area contributed by atoms with E-state index in [9.17, 15) is 22.8 Å². The van der Waals surface area contributed by atoms with Gasteiger partial charge in [-0.2, -0.15) is 13.2 Å². The van der Waals surface area contributed by atoms with Crippen LogP contribution in [0.4, 0.5) is 23.7 Å². The van der Waals surface area contributed by atoms with Gasteiger partial charge in [0, 0.05) is 25.3 Å². The fourth-order valence-electron chi connectivity index (χ4n) is 2.03. The molecule has 10 heteroatoms. The van der Waals surface area contributed by atoms with Gasteiger partial charge in [-0.15, -0.1) is 0 Å². The molecule has 0 aromatic heterocycles. The molecule has 3 N–H and O–H groups in total. The normalized spacial score (nSPS) is 11.9. The second-order valence-electron chi connectivity index (χ2n) is 5.24. The Balaban J connectivity index is 0.000000541. The van der Waals surface area contributed by atoms with Gasteiger partial charge < -0.3 is 14.9 Å². The molecule has 0 bridgehead atoms. The molecule has 7 nitrogen and oxygen atoms in total. The summed E-state index contributed by atoms with van der Waals surface area (Å²) in [5.41, 5.74) is -0.569. The molecule has 1 unspecified atom stereocenters. The van der Waals surface area contributed by atoms with Crippen LogP contribution in [0.15, 0.2) is 24.3 Å². The van der Waals surface area contributed by atoms with Crippen LogP contribution >= 0.6 is 0 Å². The van der Waals surface area contributed by atoms with E-state index in [-0.39, 0.29) is 24.9 Å². The number of hydrogen-bond donors (Lipinski definition) is 3. The fourth-order valence-corrected chi connectivity index (χ4v) is 2.03. The Morgan fingerprint density at radius 3 is 2.07 bits per heavy atom. The summed E-state index contributed by atoms with van der Waals surface area (Å²) in [4.78, 5) is 21.8. The number of carboxylic acid groups (broad SMARTS) is 2. The van der Waals surface area contributed by atoms with Gasteiger partial charge in [0.1, 0.15) is 6.23 Å². The van der Waals surface area contributed by atoms with Crippen LogP contribution in [0.3, 0.4) is 0 Å². The van der Waals surface area contributed by atoms with Crippen LogP contribution in [0.5, 0.6) is 0 Å². The van der Waals surface area contributed by atoms with Crippen LogP contribution in [-0.4, -0.2) is 48.7 Å². The Bertz CT molecular complexity index is 579. The molecule has 1 aromatic carbocycles. The Labute approximate surface area is 155 Å². The predicted molar refractivity (Wildman–Crippen MR) is 93.8 cm³/mol. The monoisotopic (exact) mass is 394 g/mol. The van der Waals surface area contributed by atoms with Crippen LogP contribution in [0.25, 0.3) is 0 Å². The summed E-state index contributed by atoms with van der Waals surface area (Å²) in [6, 6.07) is 4.00. The van der Waals surface area contributed by atoms with E-state index in [1.54, 1.807) is 14.0 Å². The smallest absolute Gasteiger partial charge is 0.416 e. The van der Waals surface area contributed by atoms with E-state index in [4.69, 9.17) is 14.9 Å². The topological polar surface area (TPSA) is 99.1 Å². The maximum absolute atomic E-state index is 12.2. The first-order valence-electron chi connectivity index (χ1n) is 8.25. The number of nitrogens with zero attached hydrogens (tertiary/aromatic N) is 1. The highest BCUT2D eigenvalue weighted by molar-refractivity contribution is 5.85. The molecule has 0 saturated carbocycles. The van der Waals surface area contributed by atoms with Crippen molar-refractivity contribution in [2.45, 2.75) is 39.1 Å². The van der Waals surface area contributed by atoms with Crippen LogP contribution in [0, 0.1) is 0 Å². The van der Waals surface area contributed by atoms with Crippen molar-refractivity contribution in [2.75, 3.05) is 25.1 Å². The average Bonchev–Trinajstić information content (AvgIpc) is 2.59. The second-order valence-corrected chi connectivity index (χ2v) is 5.24. The molecule has 0 aliphatic heterocycles. The molecule has 0 heterocycles. The number of nitrogens with one attached hydrogen (secondary N) is 1. The number of amides is 1. The van der Waals surface area contributed by atoms with Gasteiger partial charge in [0.05, 0.1) is 5.56 Å². The van der Waals surface area contributed by atoms with Crippen molar-refractivity contribution in [1.29, 1.82) is 0 Å². The van der Waals surface area contributed by atoms with Gasteiger partial charge in [0.25, 0.3) is 0 Å². The summed E-state index contributed by atoms with van der Waals surface area (Å²) in [5, 5.41) is 20.0. The van der Waals surface area contributed by atoms with E-state index in [1.165, 1.54) is 0 Å². The zero-order chi connectivity index (χ0) is 21.0. The summed E-state index contributed by atoms with van der Waals surface area (Å²) in [5.74, 6) is -0.787. The molecule has 1 amide bonds. The standard InChI is InChI=1S/C10H10F3NO2.C7H15NO3/c1-2-14(9(15)16)8-5-3-7(4-6-8)10(11,12)13;1-3-11-6(8-2)4-5-7(9)10/h3-6H,2H2,1H3,(H,15,16);6,8H,3-5H2,1-2H3,(H,9,10). The number of halogens is 3. The Morgan fingerprint density at radius 1 is 1.19 bits per heavy atom. The molecular weight excluding hydrogens is 369 g/mol. The van der Waals surface area contributed by atoms with E-state index in [0.717, 1.165) is 29.2 Å². The number of hydrogen-bond acceptors (Lipinski definition) is 4. The van der Waals surface area contributed by atoms with Crippen molar-refractivity contribution in [1.82, 2.24) is 5.32 Å². The van der Waals surface area contributed by atoms with Gasteiger partial charge in [-0.3, -0.25) is 15.0 Å². The highest BCUT2D eigenvalue weighted by atomic mass is 19.4. The first-order chi connectivity index (χ1) is 12.6. The number of aliphatic carboxylic acids is 1. The molecule has 1 atom stereocenters. The van der Waals surface area contributed by atoms with E-state index in [2.05, 4.69) is 5.32 Å². The number of carbonyl (C=O) groups is 2. The third-order valence-corrected chi connectivity index (χ3v) is 3.36. The third-order valence-electron chi connectivity index (χ3n) is 3.36. The molecule has 0 saturated heterocycles. The molecule has 0 radical (unpaired) electrons. The number of anilines is 1. The maximum atomic E-state index is 12.2. The summed E-state index contributed by atoms with van der Waals surface area (Å²) in [6.07, 6.45) is -5.07. The van der Waals surface area contributed by atoms with Crippen LogP contribution < -0.4 is 10.2 Å². The summed E-state index contributed by atoms with van der Waals surface area (Å²) in [7, 11) is 1.75. The molecule has 0 fully saturated rings. The molecule has 1 aromatic rings. The number of alkyl halides is 3. The first kappa shape index (κ1) is 24.7. The van der Waals surface area contributed by atoms with E-state index >= 15 is 0 Å². The predicted octanol–water partition coefficient (Wildman–Crippen LogP) is 3.64. The number of benzene rings is 1. The average molecular weight is 394 g/mol. The molecule has 0 spiro atoms. The summed E-state index contributed by atoms with van der Waals surface area (Å²) >= 11 is 0. The number of ether oxygens (including phenoxy) is 1. The molecule has 0 aliphatic carbocycles. The van der Waals surface area contributed by atoms with Gasteiger partial charge in [-0.05, 0) is 51.6 Å². The molecule has 154 valence electrons. The van der Waals surface area contributed by atoms with Gasteiger partial charge in [-0.25, -0.2) is 4.79 Å². The van der Waals surface area contributed by atoms with Crippen molar-refractivity contribution in [2.24, 2.45) is 0 Å². The zero-order valence-corrected chi connectivity index (χ0v) is 15.4. The Hall–Kier alpha value is -2.33. The minimum absolute atomic E-state index is 0.129. The third kappa shape index (κ3) is 9.80. The van der Waals surface area contributed by atoms with Crippen molar-refractivity contribution in [3.8, 4) is 0 Å². The van der Waals surface area contributed by atoms with Crippen LogP contribution in [0.2, 0.25) is 0 Å². The van der Waals surface area contributed by atoms with Crippen molar-refractivity contribution in [3.63, 3.8) is 0 Å². The second kappa shape index (κ2) is 12.1. The van der Waals surface area contributed by atoms with Crippen molar-refractivity contribution < 1.29 is 37.7 Å². The van der Waals surface area contributed by atoms with E-state index in [1.807, 2.05) is 6.92 Å². The Kier molecular flexibility index (Phi) is 11.1. The lowest BCUT2D eigenvalue weighted by molar-refractivity contribution is -0.138. The first-order valence-corrected chi connectivity index (χ1v) is 8.25. The summed E-state index contributed by atoms with van der Waals surface area (Å²) < 4.78 is 41.9. The van der Waals surface area contributed by atoms with Gasteiger partial charge in [-0.1, -0.05) is 0 Å². The van der Waals surface area contributed by atoms with Gasteiger partial charge in [0.15, 0.2) is 0 Å².